The molecule has 0 amide bonds. The second kappa shape index (κ2) is 10.6. The topological polar surface area (TPSA) is 54.4 Å². The van der Waals surface area contributed by atoms with Gasteiger partial charge in [0.1, 0.15) is 0 Å². The smallest absolute Gasteiger partial charge is 0.281 e. The summed E-state index contributed by atoms with van der Waals surface area (Å²) in [6, 6.07) is 12.5. The lowest BCUT2D eigenvalue weighted by atomic mass is 9.81. The third kappa shape index (κ3) is 5.20. The second-order valence-corrected chi connectivity index (χ2v) is 11.2. The Labute approximate surface area is 245 Å². The van der Waals surface area contributed by atoms with Gasteiger partial charge in [0.15, 0.2) is 0 Å². The maximum absolute atomic E-state index is 13.0. The molecule has 0 fully saturated rings. The number of rotatable bonds is 7. The Morgan fingerprint density at radius 1 is 0.558 bits per heavy atom. The fourth-order valence-electron chi connectivity index (χ4n) is 3.22. The van der Waals surface area contributed by atoms with Crippen LogP contribution in [0.2, 0.25) is 5.02 Å². The van der Waals surface area contributed by atoms with Crippen LogP contribution in [-0.2, 0) is 10.1 Å². The van der Waals surface area contributed by atoms with E-state index >= 15 is 0 Å². The molecule has 0 radical (unpaired) electrons. The number of hydrogen-bond donors (Lipinski definition) is 1. The van der Waals surface area contributed by atoms with Gasteiger partial charge in [0.25, 0.3) is 0 Å². The van der Waals surface area contributed by atoms with Crippen molar-refractivity contribution in [1.29, 1.82) is 0 Å². The summed E-state index contributed by atoms with van der Waals surface area (Å²) in [7, 11) is -7.89. The molecule has 244 valence electrons. The standard InChI is InChI=1S/C12H6ClI.C8HF17O3S/c13-10-6-5-9-7-3-1-2-4-8(7)11(9)12(10)14;9-1(10,3(13,14)5(17,18)7(21,22)23)2(11,12)4(15,16)6(19,20)8(24,25)29(26,27)28/h1-6H;(H,26,27,28). The first-order valence-corrected chi connectivity index (χ1v) is 12.9. The monoisotopic (exact) mass is 812 g/mol. The van der Waals surface area contributed by atoms with Gasteiger partial charge in [-0.3, -0.25) is 4.55 Å². The number of benzene rings is 2. The first-order valence-electron chi connectivity index (χ1n) is 10.0. The summed E-state index contributed by atoms with van der Waals surface area (Å²) in [5.41, 5.74) is 5.31. The molecule has 0 saturated carbocycles. The van der Waals surface area contributed by atoms with Gasteiger partial charge >= 0.3 is 57.1 Å². The normalized spacial score (nSPS) is 15.2. The van der Waals surface area contributed by atoms with Crippen LogP contribution in [0.1, 0.15) is 0 Å². The lowest BCUT2D eigenvalue weighted by Crippen LogP contribution is -2.74. The average Bonchev–Trinajstić information content (AvgIpc) is 2.82. The minimum absolute atomic E-state index is 0.846. The van der Waals surface area contributed by atoms with Crippen molar-refractivity contribution in [1.82, 2.24) is 0 Å². The predicted molar refractivity (Wildman–Crippen MR) is 121 cm³/mol. The Morgan fingerprint density at radius 2 is 0.930 bits per heavy atom. The van der Waals surface area contributed by atoms with Crippen LogP contribution in [0.15, 0.2) is 36.4 Å². The number of alkyl halides is 17. The summed E-state index contributed by atoms with van der Waals surface area (Å²) in [6.45, 7) is 0. The van der Waals surface area contributed by atoms with Crippen LogP contribution >= 0.6 is 34.2 Å². The van der Waals surface area contributed by atoms with Crippen LogP contribution < -0.4 is 0 Å². The van der Waals surface area contributed by atoms with Crippen LogP contribution in [-0.4, -0.2) is 59.9 Å². The van der Waals surface area contributed by atoms with E-state index in [0.717, 1.165) is 5.02 Å². The van der Waals surface area contributed by atoms with Gasteiger partial charge in [0, 0.05) is 9.13 Å². The van der Waals surface area contributed by atoms with Crippen molar-refractivity contribution in [3.05, 3.63) is 45.0 Å². The van der Waals surface area contributed by atoms with Crippen molar-refractivity contribution in [3.63, 3.8) is 0 Å². The van der Waals surface area contributed by atoms with Gasteiger partial charge < -0.3 is 0 Å². The highest BCUT2D eigenvalue weighted by molar-refractivity contribution is 14.1. The summed E-state index contributed by atoms with van der Waals surface area (Å²) < 4.78 is 244. The zero-order valence-electron chi connectivity index (χ0n) is 19.3. The highest BCUT2D eigenvalue weighted by Gasteiger charge is 2.96. The molecule has 2 aromatic carbocycles. The molecule has 1 aliphatic carbocycles. The molecule has 0 unspecified atom stereocenters. The number of halogens is 19. The zero-order chi connectivity index (χ0) is 34.2. The van der Waals surface area contributed by atoms with Gasteiger partial charge in [-0.25, -0.2) is 0 Å². The average molecular weight is 813 g/mol. The summed E-state index contributed by atoms with van der Waals surface area (Å²) in [6.07, 6.45) is -7.88. The Hall–Kier alpha value is -1.82. The van der Waals surface area contributed by atoms with Crippen LogP contribution in [0, 0.1) is 3.57 Å². The minimum atomic E-state index is -8.89. The van der Waals surface area contributed by atoms with E-state index in [1.54, 1.807) is 0 Å². The maximum atomic E-state index is 13.0. The van der Waals surface area contributed by atoms with Crippen LogP contribution in [0.3, 0.4) is 0 Å². The summed E-state index contributed by atoms with van der Waals surface area (Å²) in [4.78, 5) is 0. The van der Waals surface area contributed by atoms with E-state index in [2.05, 4.69) is 52.9 Å². The Morgan fingerprint density at radius 3 is 1.33 bits per heavy atom. The molecule has 0 aromatic heterocycles. The zero-order valence-corrected chi connectivity index (χ0v) is 23.0. The molecule has 0 heterocycles. The Balaban J connectivity index is 0.000000374. The Bertz CT molecular complexity index is 1510. The highest BCUT2D eigenvalue weighted by atomic mass is 127. The molecule has 0 saturated heterocycles. The largest absolute Gasteiger partial charge is 0.460 e. The van der Waals surface area contributed by atoms with E-state index < -0.39 is 57.1 Å². The van der Waals surface area contributed by atoms with Crippen molar-refractivity contribution in [2.75, 3.05) is 0 Å². The quantitative estimate of drug-likeness (QED) is 0.147. The molecule has 2 aromatic rings. The van der Waals surface area contributed by atoms with Crippen molar-refractivity contribution < 1.29 is 87.6 Å². The molecule has 1 N–H and O–H groups in total. The predicted octanol–water partition coefficient (Wildman–Crippen LogP) is 9.43. The summed E-state index contributed by atoms with van der Waals surface area (Å²) in [5, 5.41) is -7.00. The molecule has 0 spiro atoms. The lowest BCUT2D eigenvalue weighted by Gasteiger charge is -2.42. The van der Waals surface area contributed by atoms with Gasteiger partial charge in [-0.1, -0.05) is 41.9 Å². The molecular weight excluding hydrogens is 806 g/mol. The van der Waals surface area contributed by atoms with Crippen LogP contribution in [0.4, 0.5) is 74.6 Å². The molecule has 3 rings (SSSR count). The van der Waals surface area contributed by atoms with Crippen LogP contribution in [0.25, 0.3) is 22.3 Å². The van der Waals surface area contributed by atoms with Crippen molar-refractivity contribution in [2.24, 2.45) is 0 Å². The van der Waals surface area contributed by atoms with E-state index in [-0.39, 0.29) is 0 Å². The van der Waals surface area contributed by atoms with E-state index in [1.165, 1.54) is 25.8 Å². The third-order valence-electron chi connectivity index (χ3n) is 5.60. The summed E-state index contributed by atoms with van der Waals surface area (Å²) in [5.74, 6) is -52.0. The molecule has 23 heteroatoms. The minimum Gasteiger partial charge on any atom is -0.281 e. The van der Waals surface area contributed by atoms with Gasteiger partial charge in [-0.2, -0.15) is 83.1 Å². The van der Waals surface area contributed by atoms with Gasteiger partial charge in [0.05, 0.1) is 5.02 Å². The fraction of sp³-hybridized carbons (Fsp3) is 0.400. The molecule has 0 atom stereocenters. The highest BCUT2D eigenvalue weighted by Crippen LogP contribution is 2.64. The van der Waals surface area contributed by atoms with E-state index in [4.69, 9.17) is 16.2 Å². The van der Waals surface area contributed by atoms with Crippen molar-refractivity contribution in [3.8, 4) is 22.3 Å². The second-order valence-electron chi connectivity index (χ2n) is 8.27. The molecule has 3 nitrogen and oxygen atoms in total. The van der Waals surface area contributed by atoms with Gasteiger partial charge in [-0.15, -0.1) is 0 Å². The SMILES string of the molecule is Clc1ccc2c(c1I)-c1ccccc1-2.O=S(=O)(O)C(F)(F)C(F)(F)C(F)(F)C(F)(F)C(F)(F)C(F)(F)C(F)(F)C(F)(F)F. The van der Waals surface area contributed by atoms with E-state index in [9.17, 15) is 83.1 Å². The van der Waals surface area contributed by atoms with Gasteiger partial charge in [0.2, 0.25) is 0 Å². The summed E-state index contributed by atoms with van der Waals surface area (Å²) >= 11 is 8.39. The third-order valence-corrected chi connectivity index (χ3v) is 8.26. The molecular formula is C20H7ClF17IO3S. The number of hydrogen-bond acceptors (Lipinski definition) is 2. The first kappa shape index (κ1) is 37.4. The fourth-order valence-corrected chi connectivity index (χ4v) is 4.59. The number of fused-ring (bicyclic) bond motifs is 4. The van der Waals surface area contributed by atoms with E-state index in [1.807, 2.05) is 6.07 Å². The lowest BCUT2D eigenvalue weighted by molar-refractivity contribution is -0.458. The Kier molecular flexibility index (Phi) is 9.24. The molecule has 0 aliphatic heterocycles. The first-order chi connectivity index (χ1) is 18.8. The maximum Gasteiger partial charge on any atom is 0.460 e. The molecule has 0 bridgehead atoms. The van der Waals surface area contributed by atoms with Gasteiger partial charge in [-0.05, 0) is 45.3 Å². The van der Waals surface area contributed by atoms with Crippen LogP contribution in [0.5, 0.6) is 0 Å². The molecule has 1 aliphatic rings. The van der Waals surface area contributed by atoms with Crippen molar-refractivity contribution in [2.45, 2.75) is 47.0 Å². The van der Waals surface area contributed by atoms with E-state index in [0.29, 0.717) is 0 Å². The molecule has 43 heavy (non-hydrogen) atoms. The van der Waals surface area contributed by atoms with Crippen molar-refractivity contribution >= 4 is 44.3 Å².